The number of nitrogens with zero attached hydrogens (tertiary/aromatic N) is 4. The Morgan fingerprint density at radius 1 is 1.27 bits per heavy atom. The summed E-state index contributed by atoms with van der Waals surface area (Å²) >= 11 is 0. The number of nitrogens with two attached hydrogens (primary N) is 1. The third kappa shape index (κ3) is 4.49. The van der Waals surface area contributed by atoms with Gasteiger partial charge < -0.3 is 15.8 Å². The Hall–Kier alpha value is -2.22. The number of rotatable bonds is 7. The average Bonchev–Trinajstić information content (AvgIpc) is 2.99. The minimum Gasteiger partial charge on any atom is -0.378 e. The molecule has 0 radical (unpaired) electrons. The molecule has 1 fully saturated rings. The van der Waals surface area contributed by atoms with Crippen molar-refractivity contribution in [1.29, 1.82) is 0 Å². The fourth-order valence-corrected chi connectivity index (χ4v) is 3.48. The number of carbonyl (C=O) groups excluding carboxylic acids is 1. The largest absolute Gasteiger partial charge is 0.378 e. The second-order valence-corrected chi connectivity index (χ2v) is 6.95. The van der Waals surface area contributed by atoms with Crippen molar-refractivity contribution < 1.29 is 9.53 Å². The van der Waals surface area contributed by atoms with Crippen LogP contribution in [0.1, 0.15) is 55.5 Å². The zero-order chi connectivity index (χ0) is 18.5. The van der Waals surface area contributed by atoms with Crippen LogP contribution in [0.25, 0.3) is 5.78 Å². The second-order valence-electron chi connectivity index (χ2n) is 6.95. The maximum absolute atomic E-state index is 12.3. The van der Waals surface area contributed by atoms with Crippen molar-refractivity contribution in [3.05, 3.63) is 17.0 Å². The SMILES string of the molecule is Cc1nc2nc(N)nn2c(C)c1CC(=O)NCCCOC1CCCCC1. The van der Waals surface area contributed by atoms with Crippen LogP contribution < -0.4 is 11.1 Å². The number of aromatic nitrogens is 4. The highest BCUT2D eigenvalue weighted by molar-refractivity contribution is 5.79. The number of carbonyl (C=O) groups is 1. The van der Waals surface area contributed by atoms with Gasteiger partial charge in [0.25, 0.3) is 5.78 Å². The van der Waals surface area contributed by atoms with Crippen LogP contribution in [-0.2, 0) is 16.0 Å². The van der Waals surface area contributed by atoms with Crippen LogP contribution in [0, 0.1) is 13.8 Å². The molecule has 0 saturated heterocycles. The number of aryl methyl sites for hydroxylation is 2. The number of hydrogen-bond acceptors (Lipinski definition) is 6. The topological polar surface area (TPSA) is 107 Å². The molecule has 3 N–H and O–H groups in total. The minimum absolute atomic E-state index is 0.0249. The summed E-state index contributed by atoms with van der Waals surface area (Å²) in [6, 6.07) is 0. The van der Waals surface area contributed by atoms with E-state index in [1.807, 2.05) is 13.8 Å². The van der Waals surface area contributed by atoms with Crippen LogP contribution in [0.2, 0.25) is 0 Å². The summed E-state index contributed by atoms with van der Waals surface area (Å²) in [6.07, 6.45) is 7.74. The molecule has 1 aliphatic rings. The van der Waals surface area contributed by atoms with Crippen LogP contribution in [0.3, 0.4) is 0 Å². The first-order valence-corrected chi connectivity index (χ1v) is 9.41. The fraction of sp³-hybridized carbons (Fsp3) is 0.667. The Bertz CT molecular complexity index is 767. The highest BCUT2D eigenvalue weighted by Gasteiger charge is 2.16. The van der Waals surface area contributed by atoms with Crippen molar-refractivity contribution >= 4 is 17.6 Å². The molecule has 1 saturated carbocycles. The summed E-state index contributed by atoms with van der Waals surface area (Å²) in [4.78, 5) is 20.7. The molecule has 0 unspecified atom stereocenters. The van der Waals surface area contributed by atoms with Crippen LogP contribution >= 0.6 is 0 Å². The molecule has 0 aliphatic heterocycles. The molecule has 0 spiro atoms. The van der Waals surface area contributed by atoms with Crippen LogP contribution in [0.4, 0.5) is 5.95 Å². The third-order valence-electron chi connectivity index (χ3n) is 4.95. The summed E-state index contributed by atoms with van der Waals surface area (Å²) < 4.78 is 7.47. The van der Waals surface area contributed by atoms with Gasteiger partial charge in [-0.25, -0.2) is 4.98 Å². The highest BCUT2D eigenvalue weighted by atomic mass is 16.5. The van der Waals surface area contributed by atoms with Gasteiger partial charge in [-0.1, -0.05) is 19.3 Å². The second kappa shape index (κ2) is 8.44. The van der Waals surface area contributed by atoms with E-state index in [0.29, 0.717) is 25.0 Å². The zero-order valence-electron chi connectivity index (χ0n) is 15.6. The lowest BCUT2D eigenvalue weighted by molar-refractivity contribution is -0.120. The molecule has 8 heteroatoms. The van der Waals surface area contributed by atoms with E-state index in [4.69, 9.17) is 10.5 Å². The molecular formula is C18H28N6O2. The van der Waals surface area contributed by atoms with Crippen LogP contribution in [0.15, 0.2) is 0 Å². The van der Waals surface area contributed by atoms with E-state index in [-0.39, 0.29) is 18.3 Å². The zero-order valence-corrected chi connectivity index (χ0v) is 15.6. The lowest BCUT2D eigenvalue weighted by Gasteiger charge is -2.21. The molecule has 1 amide bonds. The monoisotopic (exact) mass is 360 g/mol. The number of amides is 1. The standard InChI is InChI=1S/C18H28N6O2/c1-12-15(13(2)24-18(21-12)22-17(19)23-24)11-16(25)20-9-6-10-26-14-7-4-3-5-8-14/h14H,3-11H2,1-2H3,(H2,19,23)(H,20,25). The summed E-state index contributed by atoms with van der Waals surface area (Å²) in [5.41, 5.74) is 8.11. The maximum Gasteiger partial charge on any atom is 0.254 e. The van der Waals surface area contributed by atoms with E-state index in [1.165, 1.54) is 32.1 Å². The van der Waals surface area contributed by atoms with Gasteiger partial charge in [0.05, 0.1) is 12.5 Å². The van der Waals surface area contributed by atoms with Gasteiger partial charge in [-0.05, 0) is 33.1 Å². The smallest absolute Gasteiger partial charge is 0.254 e. The molecule has 2 aromatic rings. The summed E-state index contributed by atoms with van der Waals surface area (Å²) in [7, 11) is 0. The van der Waals surface area contributed by atoms with Gasteiger partial charge in [0.2, 0.25) is 11.9 Å². The van der Waals surface area contributed by atoms with Crippen LogP contribution in [0.5, 0.6) is 0 Å². The highest BCUT2D eigenvalue weighted by Crippen LogP contribution is 2.20. The van der Waals surface area contributed by atoms with Gasteiger partial charge in [0.15, 0.2) is 0 Å². The van der Waals surface area contributed by atoms with Gasteiger partial charge in [-0.15, -0.1) is 5.10 Å². The number of nitrogen functional groups attached to an aromatic ring is 1. The normalized spacial score (nSPS) is 15.5. The predicted octanol–water partition coefficient (Wildman–Crippen LogP) is 1.72. The molecule has 142 valence electrons. The van der Waals surface area contributed by atoms with E-state index in [2.05, 4.69) is 20.4 Å². The molecule has 2 heterocycles. The Morgan fingerprint density at radius 2 is 2.04 bits per heavy atom. The van der Waals surface area contributed by atoms with Gasteiger partial charge in [0, 0.05) is 30.1 Å². The van der Waals surface area contributed by atoms with Crippen molar-refractivity contribution in [2.75, 3.05) is 18.9 Å². The molecule has 8 nitrogen and oxygen atoms in total. The molecule has 0 aromatic carbocycles. The summed E-state index contributed by atoms with van der Waals surface area (Å²) in [5.74, 6) is 0.615. The number of ether oxygens (including phenoxy) is 1. The number of hydrogen-bond donors (Lipinski definition) is 2. The van der Waals surface area contributed by atoms with Crippen molar-refractivity contribution in [2.45, 2.75) is 64.9 Å². The quantitative estimate of drug-likeness (QED) is 0.728. The Kier molecular flexibility index (Phi) is 6.03. The first kappa shape index (κ1) is 18.6. The van der Waals surface area contributed by atoms with E-state index in [9.17, 15) is 4.79 Å². The van der Waals surface area contributed by atoms with E-state index in [0.717, 1.165) is 23.4 Å². The van der Waals surface area contributed by atoms with Gasteiger partial charge in [-0.2, -0.15) is 9.50 Å². The molecule has 1 aliphatic carbocycles. The van der Waals surface area contributed by atoms with Crippen LogP contribution in [-0.4, -0.2) is 44.7 Å². The van der Waals surface area contributed by atoms with E-state index < -0.39 is 0 Å². The molecule has 0 atom stereocenters. The minimum atomic E-state index is -0.0249. The lowest BCUT2D eigenvalue weighted by atomic mass is 9.98. The predicted molar refractivity (Wildman–Crippen MR) is 98.8 cm³/mol. The van der Waals surface area contributed by atoms with Gasteiger partial charge in [0.1, 0.15) is 0 Å². The maximum atomic E-state index is 12.3. The fourth-order valence-electron chi connectivity index (χ4n) is 3.48. The molecular weight excluding hydrogens is 332 g/mol. The molecule has 3 rings (SSSR count). The van der Waals surface area contributed by atoms with E-state index in [1.54, 1.807) is 4.52 Å². The lowest BCUT2D eigenvalue weighted by Crippen LogP contribution is -2.28. The first-order valence-electron chi connectivity index (χ1n) is 9.41. The van der Waals surface area contributed by atoms with Crippen molar-refractivity contribution in [3.8, 4) is 0 Å². The van der Waals surface area contributed by atoms with Crippen molar-refractivity contribution in [3.63, 3.8) is 0 Å². The Labute approximate surface area is 153 Å². The van der Waals surface area contributed by atoms with Gasteiger partial charge >= 0.3 is 0 Å². The number of fused-ring (bicyclic) bond motifs is 1. The Balaban J connectivity index is 1.46. The van der Waals surface area contributed by atoms with Gasteiger partial charge in [-0.3, -0.25) is 4.79 Å². The number of nitrogens with one attached hydrogen (secondary N) is 1. The van der Waals surface area contributed by atoms with E-state index >= 15 is 0 Å². The summed E-state index contributed by atoms with van der Waals surface area (Å²) in [5, 5.41) is 7.09. The molecule has 0 bridgehead atoms. The number of anilines is 1. The van der Waals surface area contributed by atoms with Crippen molar-refractivity contribution in [2.24, 2.45) is 0 Å². The summed E-state index contributed by atoms with van der Waals surface area (Å²) in [6.45, 7) is 5.10. The third-order valence-corrected chi connectivity index (χ3v) is 4.95. The first-order chi connectivity index (χ1) is 12.5. The Morgan fingerprint density at radius 3 is 2.81 bits per heavy atom. The molecule has 2 aromatic heterocycles. The average molecular weight is 360 g/mol. The van der Waals surface area contributed by atoms with Crippen molar-refractivity contribution in [1.82, 2.24) is 24.9 Å². The molecule has 26 heavy (non-hydrogen) atoms.